The zero-order valence-corrected chi connectivity index (χ0v) is 18.3. The highest BCUT2D eigenvalue weighted by Crippen LogP contribution is 2.46. The lowest BCUT2D eigenvalue weighted by Crippen LogP contribution is -2.53. The molecule has 1 aromatic carbocycles. The maximum atomic E-state index is 13.1. The molecule has 0 saturated carbocycles. The molecule has 0 radical (unpaired) electrons. The summed E-state index contributed by atoms with van der Waals surface area (Å²) < 4.78 is 4.93. The largest absolute Gasteiger partial charge is 0.467 e. The number of esters is 1. The Hall–Kier alpha value is -2.32. The summed E-state index contributed by atoms with van der Waals surface area (Å²) >= 11 is 6.31. The number of rotatable bonds is 3. The van der Waals surface area contributed by atoms with Crippen LogP contribution in [0, 0.1) is 11.3 Å². The third-order valence-corrected chi connectivity index (χ3v) is 6.47. The van der Waals surface area contributed by atoms with Crippen LogP contribution in [0.4, 0.5) is 4.79 Å². The zero-order chi connectivity index (χ0) is 22.4. The number of amides is 2. The summed E-state index contributed by atoms with van der Waals surface area (Å²) in [7, 11) is 1.27. The van der Waals surface area contributed by atoms with Gasteiger partial charge in [0.05, 0.1) is 25.7 Å². The van der Waals surface area contributed by atoms with Gasteiger partial charge in [-0.3, -0.25) is 9.69 Å². The molecule has 1 saturated heterocycles. The highest BCUT2D eigenvalue weighted by molar-refractivity contribution is 6.31. The number of carbonyl (C=O) groups excluding carboxylic acids is 2. The molecule has 3 rings (SSSR count). The molecule has 2 aliphatic heterocycles. The highest BCUT2D eigenvalue weighted by Gasteiger charge is 2.49. The van der Waals surface area contributed by atoms with E-state index >= 15 is 0 Å². The second-order valence-electron chi connectivity index (χ2n) is 9.03. The third-order valence-electron chi connectivity index (χ3n) is 6.12. The fourth-order valence-corrected chi connectivity index (χ4v) is 4.64. The van der Waals surface area contributed by atoms with Crippen LogP contribution in [0.2, 0.25) is 5.02 Å². The molecule has 4 atom stereocenters. The molecule has 1 fully saturated rings. The molecule has 9 heteroatoms. The van der Waals surface area contributed by atoms with Gasteiger partial charge in [-0.2, -0.15) is 0 Å². The number of benzene rings is 1. The Labute approximate surface area is 180 Å². The lowest BCUT2D eigenvalue weighted by molar-refractivity contribution is -0.152. The number of hydrogen-bond acceptors (Lipinski definition) is 5. The van der Waals surface area contributed by atoms with Crippen molar-refractivity contribution < 1.29 is 24.2 Å². The predicted molar refractivity (Wildman–Crippen MR) is 111 cm³/mol. The first-order chi connectivity index (χ1) is 14.0. The van der Waals surface area contributed by atoms with Crippen LogP contribution in [-0.4, -0.2) is 58.6 Å². The van der Waals surface area contributed by atoms with Gasteiger partial charge in [-0.05, 0) is 29.0 Å². The van der Waals surface area contributed by atoms with Crippen molar-refractivity contribution in [3.8, 4) is 0 Å². The first-order valence-corrected chi connectivity index (χ1v) is 10.3. The van der Waals surface area contributed by atoms with E-state index in [2.05, 4.69) is 0 Å². The summed E-state index contributed by atoms with van der Waals surface area (Å²) in [6.45, 7) is 5.96. The van der Waals surface area contributed by atoms with Crippen molar-refractivity contribution in [2.45, 2.75) is 51.9 Å². The molecular formula is C21H28ClN3O5. The van der Waals surface area contributed by atoms with Gasteiger partial charge in [-0.25, -0.2) is 9.59 Å². The van der Waals surface area contributed by atoms with Crippen molar-refractivity contribution >= 4 is 29.6 Å². The van der Waals surface area contributed by atoms with E-state index in [9.17, 15) is 19.5 Å². The van der Waals surface area contributed by atoms with E-state index in [1.54, 1.807) is 12.1 Å². The summed E-state index contributed by atoms with van der Waals surface area (Å²) in [5.41, 5.74) is 7.27. The first kappa shape index (κ1) is 22.4. The SMILES string of the molecule is COC(=O)[C@@H]1C[C@@H](C2c3cccc(Cl)c3CN2C(=O)O)CN1C(=O)[C@@H](N)C(C)(C)C. The van der Waals surface area contributed by atoms with Gasteiger partial charge in [-0.1, -0.05) is 44.5 Å². The van der Waals surface area contributed by atoms with Crippen LogP contribution < -0.4 is 5.73 Å². The van der Waals surface area contributed by atoms with Crippen LogP contribution in [0.5, 0.6) is 0 Å². The summed E-state index contributed by atoms with van der Waals surface area (Å²) in [5.74, 6) is -1.16. The number of fused-ring (bicyclic) bond motifs is 1. The van der Waals surface area contributed by atoms with Crippen LogP contribution >= 0.6 is 11.6 Å². The van der Waals surface area contributed by atoms with Crippen molar-refractivity contribution in [1.82, 2.24) is 9.80 Å². The fraction of sp³-hybridized carbons (Fsp3) is 0.571. The minimum atomic E-state index is -1.07. The Morgan fingerprint density at radius 3 is 2.50 bits per heavy atom. The molecule has 2 heterocycles. The molecule has 30 heavy (non-hydrogen) atoms. The average molecular weight is 438 g/mol. The van der Waals surface area contributed by atoms with Crippen molar-refractivity contribution in [1.29, 1.82) is 0 Å². The third kappa shape index (κ3) is 3.86. The van der Waals surface area contributed by atoms with Crippen LogP contribution in [-0.2, 0) is 20.9 Å². The minimum absolute atomic E-state index is 0.170. The maximum Gasteiger partial charge on any atom is 0.408 e. The quantitative estimate of drug-likeness (QED) is 0.703. The van der Waals surface area contributed by atoms with E-state index in [-0.39, 0.29) is 31.3 Å². The second-order valence-corrected chi connectivity index (χ2v) is 9.44. The lowest BCUT2D eigenvalue weighted by Gasteiger charge is -2.32. The smallest absolute Gasteiger partial charge is 0.408 e. The highest BCUT2D eigenvalue weighted by atomic mass is 35.5. The number of hydrogen-bond donors (Lipinski definition) is 2. The van der Waals surface area contributed by atoms with Crippen molar-refractivity contribution in [3.05, 3.63) is 34.3 Å². The minimum Gasteiger partial charge on any atom is -0.467 e. The van der Waals surface area contributed by atoms with Crippen molar-refractivity contribution in [3.63, 3.8) is 0 Å². The van der Waals surface area contributed by atoms with Crippen LogP contribution in [0.3, 0.4) is 0 Å². The van der Waals surface area contributed by atoms with E-state index in [0.717, 1.165) is 11.1 Å². The van der Waals surface area contributed by atoms with Crippen molar-refractivity contribution in [2.75, 3.05) is 13.7 Å². The van der Waals surface area contributed by atoms with Crippen molar-refractivity contribution in [2.24, 2.45) is 17.1 Å². The van der Waals surface area contributed by atoms with Gasteiger partial charge in [0.15, 0.2) is 0 Å². The van der Waals surface area contributed by atoms with E-state index in [1.807, 2.05) is 26.8 Å². The summed E-state index contributed by atoms with van der Waals surface area (Å²) in [4.78, 5) is 40.4. The van der Waals surface area contributed by atoms with Crippen LogP contribution in [0.15, 0.2) is 18.2 Å². The summed E-state index contributed by atoms with van der Waals surface area (Å²) in [6, 6.07) is 3.25. The number of nitrogens with zero attached hydrogens (tertiary/aromatic N) is 2. The van der Waals surface area contributed by atoms with E-state index in [1.165, 1.54) is 16.9 Å². The molecule has 1 aromatic rings. The predicted octanol–water partition coefficient (Wildman–Crippen LogP) is 2.64. The molecule has 0 aromatic heterocycles. The lowest BCUT2D eigenvalue weighted by atomic mass is 9.86. The van der Waals surface area contributed by atoms with Gasteiger partial charge < -0.3 is 20.5 Å². The van der Waals surface area contributed by atoms with Gasteiger partial charge in [-0.15, -0.1) is 0 Å². The van der Waals surface area contributed by atoms with Gasteiger partial charge in [0.25, 0.3) is 0 Å². The molecule has 3 N–H and O–H groups in total. The number of carboxylic acid groups (broad SMARTS) is 1. The Morgan fingerprint density at radius 2 is 1.93 bits per heavy atom. The standard InChI is InChI=1S/C21H28ClN3O5/c1-21(2,3)17(23)18(26)24-9-11(8-15(24)19(27)30-4)16-12-6-5-7-14(22)13(12)10-25(16)20(28)29/h5-7,11,15-17H,8-10,23H2,1-4H3,(H,28,29)/t11-,15+,16?,17-/m1/s1. The van der Waals surface area contributed by atoms with Gasteiger partial charge in [0.1, 0.15) is 6.04 Å². The number of ether oxygens (including phenoxy) is 1. The van der Waals surface area contributed by atoms with Gasteiger partial charge in [0.2, 0.25) is 5.91 Å². The van der Waals surface area contributed by atoms with E-state index < -0.39 is 35.6 Å². The topological polar surface area (TPSA) is 113 Å². The Bertz CT molecular complexity index is 869. The molecule has 0 spiro atoms. The molecular weight excluding hydrogens is 410 g/mol. The second kappa shape index (κ2) is 8.07. The molecule has 1 unspecified atom stereocenters. The number of likely N-dealkylation sites (tertiary alicyclic amines) is 1. The van der Waals surface area contributed by atoms with Crippen LogP contribution in [0.1, 0.15) is 44.4 Å². The Balaban J connectivity index is 1.97. The monoisotopic (exact) mass is 437 g/mol. The molecule has 0 aliphatic carbocycles. The molecule has 2 amide bonds. The first-order valence-electron chi connectivity index (χ1n) is 9.88. The molecule has 8 nitrogen and oxygen atoms in total. The average Bonchev–Trinajstić information content (AvgIpc) is 3.28. The molecule has 2 aliphatic rings. The van der Waals surface area contributed by atoms with E-state index in [4.69, 9.17) is 22.1 Å². The van der Waals surface area contributed by atoms with Gasteiger partial charge >= 0.3 is 12.1 Å². The number of nitrogens with two attached hydrogens (primary N) is 1. The number of carbonyl (C=O) groups is 3. The maximum absolute atomic E-state index is 13.1. The number of methoxy groups -OCH3 is 1. The zero-order valence-electron chi connectivity index (χ0n) is 17.6. The van der Waals surface area contributed by atoms with Gasteiger partial charge in [0, 0.05) is 17.5 Å². The Kier molecular flexibility index (Phi) is 6.02. The fourth-order valence-electron chi connectivity index (χ4n) is 4.40. The summed E-state index contributed by atoms with van der Waals surface area (Å²) in [5, 5.41) is 10.3. The van der Waals surface area contributed by atoms with Crippen LogP contribution in [0.25, 0.3) is 0 Å². The Morgan fingerprint density at radius 1 is 1.27 bits per heavy atom. The number of halogens is 1. The normalized spacial score (nSPS) is 24.5. The molecule has 0 bridgehead atoms. The summed E-state index contributed by atoms with van der Waals surface area (Å²) in [6.07, 6.45) is -0.784. The molecule has 164 valence electrons. The van der Waals surface area contributed by atoms with E-state index in [0.29, 0.717) is 5.02 Å².